The van der Waals surface area contributed by atoms with E-state index < -0.39 is 11.2 Å². The fraction of sp³-hybridized carbons (Fsp3) is 0.278. The van der Waals surface area contributed by atoms with Crippen LogP contribution in [-0.4, -0.2) is 21.4 Å². The molecule has 0 saturated carbocycles. The van der Waals surface area contributed by atoms with Gasteiger partial charge in [-0.1, -0.05) is 23.7 Å². The van der Waals surface area contributed by atoms with Crippen LogP contribution in [-0.2, 0) is 16.0 Å². The summed E-state index contributed by atoms with van der Waals surface area (Å²) in [5.41, 5.74) is 3.73. The number of amides is 1. The first-order valence-electron chi connectivity index (χ1n) is 7.77. The number of nitrogens with one attached hydrogen (secondary N) is 1. The van der Waals surface area contributed by atoms with Gasteiger partial charge in [-0.15, -0.1) is 0 Å². The van der Waals surface area contributed by atoms with Crippen molar-refractivity contribution in [2.45, 2.75) is 30.6 Å². The van der Waals surface area contributed by atoms with Crippen LogP contribution in [0, 0.1) is 0 Å². The van der Waals surface area contributed by atoms with E-state index in [1.807, 2.05) is 48.5 Å². The third-order valence-corrected chi connectivity index (χ3v) is 5.36. The highest BCUT2D eigenvalue weighted by atomic mass is 35.5. The van der Waals surface area contributed by atoms with Crippen molar-refractivity contribution < 1.29 is 14.6 Å². The monoisotopic (exact) mass is 365 g/mol. The summed E-state index contributed by atoms with van der Waals surface area (Å²) >= 11 is 4.85. The first-order chi connectivity index (χ1) is 11.6. The van der Waals surface area contributed by atoms with E-state index >= 15 is 0 Å². The molecule has 0 aliphatic rings. The molecule has 128 valence electrons. The Morgan fingerprint density at radius 2 is 1.58 bits per heavy atom. The lowest BCUT2D eigenvalue weighted by Crippen LogP contribution is -2.17. The zero-order valence-corrected chi connectivity index (χ0v) is 14.8. The van der Waals surface area contributed by atoms with Gasteiger partial charge in [0.2, 0.25) is 5.91 Å². The van der Waals surface area contributed by atoms with Crippen LogP contribution in [0.25, 0.3) is 11.1 Å². The van der Waals surface area contributed by atoms with E-state index in [0.29, 0.717) is 23.6 Å². The summed E-state index contributed by atoms with van der Waals surface area (Å²) < 4.78 is 12.3. The Labute approximate surface area is 150 Å². The molecule has 24 heavy (non-hydrogen) atoms. The van der Waals surface area contributed by atoms with Gasteiger partial charge in [-0.05, 0) is 78.0 Å². The smallest absolute Gasteiger partial charge is 0.243 e. The standard InChI is InChI=1S/C18H20ClNO3S/c19-16-9-5-14(6-10-16)15-7-11-17(12-8-15)24(23)13-3-1-2-4-18(21)20-22/h5-12,22H,1-4,13H2,(H,20,21). The van der Waals surface area contributed by atoms with Gasteiger partial charge in [0.05, 0.1) is 0 Å². The van der Waals surface area contributed by atoms with Gasteiger partial charge in [-0.2, -0.15) is 0 Å². The molecule has 2 N–H and O–H groups in total. The fourth-order valence-corrected chi connectivity index (χ4v) is 3.58. The van der Waals surface area contributed by atoms with Gasteiger partial charge >= 0.3 is 0 Å². The minimum Gasteiger partial charge on any atom is -0.611 e. The molecule has 0 aliphatic heterocycles. The molecule has 1 unspecified atom stereocenters. The molecule has 0 fully saturated rings. The number of rotatable bonds is 8. The molecule has 1 amide bonds. The third-order valence-electron chi connectivity index (χ3n) is 3.65. The van der Waals surface area contributed by atoms with Crippen molar-refractivity contribution in [1.29, 1.82) is 0 Å². The minimum absolute atomic E-state index is 0.291. The molecule has 0 aromatic heterocycles. The quantitative estimate of drug-likeness (QED) is 0.319. The molecule has 0 heterocycles. The molecule has 2 aromatic rings. The van der Waals surface area contributed by atoms with Gasteiger partial charge in [-0.25, -0.2) is 5.48 Å². The van der Waals surface area contributed by atoms with Crippen LogP contribution >= 0.6 is 11.6 Å². The number of hydroxylamine groups is 1. The van der Waals surface area contributed by atoms with Crippen molar-refractivity contribution in [3.05, 3.63) is 53.6 Å². The Balaban J connectivity index is 1.81. The number of unbranched alkanes of at least 4 members (excludes halogenated alkanes) is 2. The Hall–Kier alpha value is -1.53. The van der Waals surface area contributed by atoms with Crippen LogP contribution < -0.4 is 5.48 Å². The SMILES string of the molecule is O=C(CCCCC[S+]([O-])c1ccc(-c2ccc(Cl)cc2)cc1)NO. The fourth-order valence-electron chi connectivity index (χ4n) is 2.31. The van der Waals surface area contributed by atoms with Crippen molar-refractivity contribution in [1.82, 2.24) is 5.48 Å². The second-order valence-electron chi connectivity index (χ2n) is 5.43. The van der Waals surface area contributed by atoms with E-state index in [1.165, 1.54) is 0 Å². The summed E-state index contributed by atoms with van der Waals surface area (Å²) in [6.45, 7) is 0. The Bertz CT molecular complexity index is 646. The van der Waals surface area contributed by atoms with Crippen molar-refractivity contribution >= 4 is 28.7 Å². The molecule has 4 nitrogen and oxygen atoms in total. The van der Waals surface area contributed by atoms with Crippen LogP contribution in [0.1, 0.15) is 25.7 Å². The summed E-state index contributed by atoms with van der Waals surface area (Å²) in [4.78, 5) is 11.7. The summed E-state index contributed by atoms with van der Waals surface area (Å²) in [6, 6.07) is 15.3. The van der Waals surface area contributed by atoms with Gasteiger partial charge < -0.3 is 4.55 Å². The number of benzene rings is 2. The predicted molar refractivity (Wildman–Crippen MR) is 96.6 cm³/mol. The summed E-state index contributed by atoms with van der Waals surface area (Å²) in [5, 5.41) is 9.09. The Morgan fingerprint density at radius 1 is 1.00 bits per heavy atom. The molecular formula is C18H20ClNO3S. The highest BCUT2D eigenvalue weighted by Gasteiger charge is 2.11. The summed E-state index contributed by atoms with van der Waals surface area (Å²) in [6.07, 6.45) is 2.56. The Kier molecular flexibility index (Phi) is 7.59. The Morgan fingerprint density at radius 3 is 2.17 bits per heavy atom. The molecule has 0 aliphatic carbocycles. The number of hydrogen-bond acceptors (Lipinski definition) is 3. The van der Waals surface area contributed by atoms with Crippen LogP contribution in [0.5, 0.6) is 0 Å². The van der Waals surface area contributed by atoms with Gasteiger partial charge in [0.1, 0.15) is 5.75 Å². The first kappa shape index (κ1) is 18.8. The van der Waals surface area contributed by atoms with Crippen LogP contribution in [0.4, 0.5) is 0 Å². The maximum absolute atomic E-state index is 12.3. The van der Waals surface area contributed by atoms with Crippen molar-refractivity contribution in [3.8, 4) is 11.1 Å². The largest absolute Gasteiger partial charge is 0.611 e. The van der Waals surface area contributed by atoms with Crippen molar-refractivity contribution in [3.63, 3.8) is 0 Å². The van der Waals surface area contributed by atoms with Crippen LogP contribution in [0.2, 0.25) is 5.02 Å². The molecular weight excluding hydrogens is 346 g/mol. The molecule has 2 rings (SSSR count). The first-order valence-corrected chi connectivity index (χ1v) is 9.47. The van der Waals surface area contributed by atoms with E-state index in [9.17, 15) is 9.35 Å². The number of carbonyl (C=O) groups is 1. The van der Waals surface area contributed by atoms with Crippen LogP contribution in [0.15, 0.2) is 53.4 Å². The number of hydrogen-bond donors (Lipinski definition) is 2. The zero-order chi connectivity index (χ0) is 17.4. The average molecular weight is 366 g/mol. The average Bonchev–Trinajstić information content (AvgIpc) is 2.62. The summed E-state index contributed by atoms with van der Waals surface area (Å²) in [7, 11) is 0. The zero-order valence-electron chi connectivity index (χ0n) is 13.2. The third kappa shape index (κ3) is 5.83. The maximum atomic E-state index is 12.3. The highest BCUT2D eigenvalue weighted by molar-refractivity contribution is 7.91. The van der Waals surface area contributed by atoms with Crippen molar-refractivity contribution in [2.75, 3.05) is 5.75 Å². The predicted octanol–water partition coefficient (Wildman–Crippen LogP) is 4.18. The molecule has 0 bridgehead atoms. The number of carbonyl (C=O) groups excluding carboxylic acids is 1. The summed E-state index contributed by atoms with van der Waals surface area (Å²) in [5.74, 6) is 0.190. The molecule has 1 atom stereocenters. The van der Waals surface area contributed by atoms with Gasteiger partial charge in [-0.3, -0.25) is 10.0 Å². The van der Waals surface area contributed by atoms with Crippen molar-refractivity contribution in [2.24, 2.45) is 0 Å². The molecule has 0 spiro atoms. The molecule has 0 radical (unpaired) electrons. The molecule has 2 aromatic carbocycles. The highest BCUT2D eigenvalue weighted by Crippen LogP contribution is 2.23. The van der Waals surface area contributed by atoms with E-state index in [4.69, 9.17) is 16.8 Å². The minimum atomic E-state index is -1.04. The normalized spacial score (nSPS) is 12.0. The lowest BCUT2D eigenvalue weighted by Gasteiger charge is -2.11. The lowest BCUT2D eigenvalue weighted by atomic mass is 10.1. The van der Waals surface area contributed by atoms with E-state index in [1.54, 1.807) is 5.48 Å². The van der Waals surface area contributed by atoms with Gasteiger partial charge in [0, 0.05) is 11.4 Å². The second-order valence-corrected chi connectivity index (χ2v) is 7.43. The van der Waals surface area contributed by atoms with E-state index in [0.717, 1.165) is 28.9 Å². The van der Waals surface area contributed by atoms with Gasteiger partial charge in [0.15, 0.2) is 4.90 Å². The molecule has 0 saturated heterocycles. The van der Waals surface area contributed by atoms with E-state index in [-0.39, 0.29) is 5.91 Å². The maximum Gasteiger partial charge on any atom is 0.243 e. The van der Waals surface area contributed by atoms with Crippen LogP contribution in [0.3, 0.4) is 0 Å². The number of halogens is 1. The lowest BCUT2D eigenvalue weighted by molar-refractivity contribution is -0.129. The topological polar surface area (TPSA) is 72.4 Å². The second kappa shape index (κ2) is 9.69. The molecule has 6 heteroatoms. The van der Waals surface area contributed by atoms with Gasteiger partial charge in [0.25, 0.3) is 0 Å². The van der Waals surface area contributed by atoms with E-state index in [2.05, 4.69) is 0 Å².